The van der Waals surface area contributed by atoms with Gasteiger partial charge < -0.3 is 9.97 Å². The molecule has 3 aromatic rings. The van der Waals surface area contributed by atoms with Crippen molar-refractivity contribution in [1.29, 1.82) is 0 Å². The molecule has 1 saturated heterocycles. The minimum atomic E-state index is -3.84. The number of fused-ring (bicyclic) bond motifs is 1. The Kier molecular flexibility index (Phi) is 3.65. The number of rotatable bonds is 3. The van der Waals surface area contributed by atoms with Gasteiger partial charge in [0.25, 0.3) is 0 Å². The molecule has 2 N–H and O–H groups in total. The summed E-state index contributed by atoms with van der Waals surface area (Å²) in [6.45, 7) is 0.398. The Morgan fingerprint density at radius 1 is 1.25 bits per heavy atom. The maximum atomic E-state index is 14.2. The minimum absolute atomic E-state index is 0.0194. The summed E-state index contributed by atoms with van der Waals surface area (Å²) < 4.78 is 42.1. The van der Waals surface area contributed by atoms with Gasteiger partial charge in [0.2, 0.25) is 10.0 Å². The number of nitrogens with zero attached hydrogens (tertiary/aromatic N) is 2. The first-order valence-electron chi connectivity index (χ1n) is 7.86. The van der Waals surface area contributed by atoms with E-state index in [1.165, 1.54) is 16.6 Å². The maximum absolute atomic E-state index is 14.2. The third kappa shape index (κ3) is 2.33. The second-order valence-electron chi connectivity index (χ2n) is 5.92. The molecule has 1 aliphatic heterocycles. The van der Waals surface area contributed by atoms with E-state index in [-0.39, 0.29) is 16.3 Å². The summed E-state index contributed by atoms with van der Waals surface area (Å²) in [5.74, 6) is 0.0810. The van der Waals surface area contributed by atoms with E-state index in [1.54, 1.807) is 24.5 Å². The van der Waals surface area contributed by atoms with Crippen molar-refractivity contribution in [3.05, 3.63) is 48.4 Å². The van der Waals surface area contributed by atoms with E-state index >= 15 is 0 Å². The van der Waals surface area contributed by atoms with E-state index < -0.39 is 15.8 Å². The van der Waals surface area contributed by atoms with Gasteiger partial charge in [-0.25, -0.2) is 17.8 Å². The molecule has 1 aliphatic rings. The average Bonchev–Trinajstić information content (AvgIpc) is 3.25. The largest absolute Gasteiger partial charge is 0.360 e. The van der Waals surface area contributed by atoms with Crippen molar-refractivity contribution in [2.75, 3.05) is 6.54 Å². The number of H-pyrrole nitrogens is 2. The van der Waals surface area contributed by atoms with Crippen molar-refractivity contribution < 1.29 is 12.8 Å². The van der Waals surface area contributed by atoms with Crippen LogP contribution in [0.25, 0.3) is 10.9 Å². The normalized spacial score (nSPS) is 19.8. The van der Waals surface area contributed by atoms with Crippen molar-refractivity contribution >= 4 is 20.9 Å². The lowest BCUT2D eigenvalue weighted by atomic mass is 10.0. The molecule has 0 bridgehead atoms. The predicted molar refractivity (Wildman–Crippen MR) is 87.3 cm³/mol. The Bertz CT molecular complexity index is 965. The van der Waals surface area contributed by atoms with Crippen LogP contribution in [0, 0.1) is 5.82 Å². The van der Waals surface area contributed by atoms with Crippen LogP contribution in [0.4, 0.5) is 4.39 Å². The lowest BCUT2D eigenvalue weighted by Crippen LogP contribution is -2.38. The molecule has 24 heavy (non-hydrogen) atoms. The molecule has 1 atom stereocenters. The summed E-state index contributed by atoms with van der Waals surface area (Å²) in [7, 11) is -3.84. The monoisotopic (exact) mass is 348 g/mol. The molecular formula is C16H17FN4O2S. The third-order valence-electron chi connectivity index (χ3n) is 4.49. The number of sulfonamides is 1. The fraction of sp³-hybridized carbons (Fsp3) is 0.312. The van der Waals surface area contributed by atoms with Crippen LogP contribution in [0.3, 0.4) is 0 Å². The van der Waals surface area contributed by atoms with Gasteiger partial charge in [-0.15, -0.1) is 0 Å². The fourth-order valence-corrected chi connectivity index (χ4v) is 5.20. The maximum Gasteiger partial charge on any atom is 0.245 e. The number of benzene rings is 1. The zero-order chi connectivity index (χ0) is 16.7. The van der Waals surface area contributed by atoms with Crippen molar-refractivity contribution in [2.45, 2.75) is 30.2 Å². The summed E-state index contributed by atoms with van der Waals surface area (Å²) in [5, 5.41) is 0.112. The van der Waals surface area contributed by atoms with E-state index in [9.17, 15) is 12.8 Å². The van der Waals surface area contributed by atoms with Gasteiger partial charge in [0, 0.05) is 30.7 Å². The predicted octanol–water partition coefficient (Wildman–Crippen LogP) is 2.95. The molecule has 0 amide bonds. The summed E-state index contributed by atoms with van der Waals surface area (Å²) in [5.41, 5.74) is 0.472. The van der Waals surface area contributed by atoms with Crippen LogP contribution < -0.4 is 0 Å². The van der Waals surface area contributed by atoms with Crippen LogP contribution in [0.5, 0.6) is 0 Å². The van der Waals surface area contributed by atoms with E-state index in [0.29, 0.717) is 24.3 Å². The number of hydrogen-bond donors (Lipinski definition) is 2. The van der Waals surface area contributed by atoms with Gasteiger partial charge in [-0.3, -0.25) is 0 Å². The second-order valence-corrected chi connectivity index (χ2v) is 7.78. The van der Waals surface area contributed by atoms with E-state index in [1.807, 2.05) is 0 Å². The zero-order valence-corrected chi connectivity index (χ0v) is 13.7. The molecule has 0 aliphatic carbocycles. The molecule has 4 rings (SSSR count). The van der Waals surface area contributed by atoms with E-state index in [4.69, 9.17) is 0 Å². The number of piperidine rings is 1. The van der Waals surface area contributed by atoms with Crippen molar-refractivity contribution in [1.82, 2.24) is 19.3 Å². The highest BCUT2D eigenvalue weighted by Gasteiger charge is 2.37. The molecule has 1 aromatic carbocycles. The summed E-state index contributed by atoms with van der Waals surface area (Å²) >= 11 is 0. The van der Waals surface area contributed by atoms with Crippen LogP contribution >= 0.6 is 0 Å². The zero-order valence-electron chi connectivity index (χ0n) is 12.9. The first kappa shape index (κ1) is 15.3. The van der Waals surface area contributed by atoms with E-state index in [0.717, 1.165) is 12.8 Å². The van der Waals surface area contributed by atoms with Crippen LogP contribution in [0.2, 0.25) is 0 Å². The number of hydrogen-bond acceptors (Lipinski definition) is 3. The molecule has 6 nitrogen and oxygen atoms in total. The molecule has 126 valence electrons. The summed E-state index contributed by atoms with van der Waals surface area (Å²) in [6.07, 6.45) is 7.07. The lowest BCUT2D eigenvalue weighted by Gasteiger charge is -2.33. The highest BCUT2D eigenvalue weighted by atomic mass is 32.2. The molecule has 0 radical (unpaired) electrons. The first-order valence-corrected chi connectivity index (χ1v) is 9.30. The van der Waals surface area contributed by atoms with E-state index in [2.05, 4.69) is 15.0 Å². The standard InChI is InChI=1S/C16H17FN4O2S/c17-11-4-3-5-12-15(11)14(10-20-12)24(22,23)21-9-2-1-6-13(21)16-18-7-8-19-16/h3-5,7-8,10,13,20H,1-2,6,9H2,(H,18,19). The lowest BCUT2D eigenvalue weighted by molar-refractivity contribution is 0.248. The van der Waals surface area contributed by atoms with Gasteiger partial charge in [0.15, 0.2) is 0 Å². The Labute approximate surface area is 138 Å². The van der Waals surface area contributed by atoms with Crippen molar-refractivity contribution in [3.63, 3.8) is 0 Å². The van der Waals surface area contributed by atoms with Gasteiger partial charge in [0.05, 0.1) is 11.4 Å². The van der Waals surface area contributed by atoms with Gasteiger partial charge >= 0.3 is 0 Å². The van der Waals surface area contributed by atoms with Crippen LogP contribution in [-0.4, -0.2) is 34.2 Å². The molecule has 2 aromatic heterocycles. The second kappa shape index (κ2) is 5.71. The minimum Gasteiger partial charge on any atom is -0.360 e. The van der Waals surface area contributed by atoms with Crippen LogP contribution in [-0.2, 0) is 10.0 Å². The molecule has 8 heteroatoms. The Balaban J connectivity index is 1.83. The average molecular weight is 348 g/mol. The number of nitrogens with one attached hydrogen (secondary N) is 2. The fourth-order valence-electron chi connectivity index (χ4n) is 3.37. The number of imidazole rings is 1. The highest BCUT2D eigenvalue weighted by molar-refractivity contribution is 7.89. The number of halogens is 1. The molecule has 3 heterocycles. The Hall–Kier alpha value is -2.19. The Morgan fingerprint density at radius 2 is 2.12 bits per heavy atom. The molecule has 0 saturated carbocycles. The smallest absolute Gasteiger partial charge is 0.245 e. The highest BCUT2D eigenvalue weighted by Crippen LogP contribution is 2.36. The quantitative estimate of drug-likeness (QED) is 0.763. The topological polar surface area (TPSA) is 81.8 Å². The van der Waals surface area contributed by atoms with Gasteiger partial charge in [0.1, 0.15) is 16.5 Å². The third-order valence-corrected chi connectivity index (χ3v) is 6.43. The van der Waals surface area contributed by atoms with Crippen LogP contribution in [0.1, 0.15) is 31.1 Å². The molecule has 1 fully saturated rings. The first-order chi connectivity index (χ1) is 11.6. The Morgan fingerprint density at radius 3 is 2.92 bits per heavy atom. The van der Waals surface area contributed by atoms with Crippen molar-refractivity contribution in [3.8, 4) is 0 Å². The summed E-state index contributed by atoms with van der Waals surface area (Å²) in [6, 6.07) is 4.14. The number of aromatic nitrogens is 3. The SMILES string of the molecule is O=S(=O)(c1c[nH]c2cccc(F)c12)N1CCCCC1c1ncc[nH]1. The van der Waals surface area contributed by atoms with Gasteiger partial charge in [-0.2, -0.15) is 4.31 Å². The van der Waals surface area contributed by atoms with Crippen molar-refractivity contribution in [2.24, 2.45) is 0 Å². The summed E-state index contributed by atoms with van der Waals surface area (Å²) in [4.78, 5) is 10.1. The molecular weight excluding hydrogens is 331 g/mol. The van der Waals surface area contributed by atoms with Crippen LogP contribution in [0.15, 0.2) is 41.7 Å². The number of aromatic amines is 2. The molecule has 0 spiro atoms. The molecule has 1 unspecified atom stereocenters. The van der Waals surface area contributed by atoms with Gasteiger partial charge in [-0.05, 0) is 25.0 Å². The van der Waals surface area contributed by atoms with Gasteiger partial charge in [-0.1, -0.05) is 12.5 Å².